The molecule has 1 saturated carbocycles. The summed E-state index contributed by atoms with van der Waals surface area (Å²) >= 11 is 6.87. The van der Waals surface area contributed by atoms with Crippen molar-refractivity contribution in [3.8, 4) is 17.3 Å². The molecule has 190 valence electrons. The molecule has 9 nitrogen and oxygen atoms in total. The largest absolute Gasteiger partial charge is 0.470 e. The Hall–Kier alpha value is -3.72. The van der Waals surface area contributed by atoms with Gasteiger partial charge in [0.15, 0.2) is 11.2 Å². The van der Waals surface area contributed by atoms with Gasteiger partial charge in [0.25, 0.3) is 0 Å². The van der Waals surface area contributed by atoms with Crippen LogP contribution in [0, 0.1) is 12.8 Å². The molecule has 4 heterocycles. The maximum Gasteiger partial charge on any atom is 0.245 e. The van der Waals surface area contributed by atoms with Gasteiger partial charge in [-0.25, -0.2) is 9.97 Å². The van der Waals surface area contributed by atoms with Crippen LogP contribution in [-0.2, 0) is 11.3 Å². The van der Waals surface area contributed by atoms with Gasteiger partial charge in [0.2, 0.25) is 11.8 Å². The normalized spacial score (nSPS) is 18.4. The number of aromatic nitrogens is 5. The molecule has 2 N–H and O–H groups in total. The summed E-state index contributed by atoms with van der Waals surface area (Å²) in [7, 11) is 0. The predicted octanol–water partition coefficient (Wildman–Crippen LogP) is 4.14. The quantitative estimate of drug-likeness (QED) is 0.392. The zero-order valence-corrected chi connectivity index (χ0v) is 21.6. The maximum atomic E-state index is 11.6. The number of ether oxygens (including phenoxy) is 1. The third kappa shape index (κ3) is 4.59. The Morgan fingerprint density at radius 3 is 2.76 bits per heavy atom. The highest BCUT2D eigenvalue weighted by atomic mass is 35.5. The van der Waals surface area contributed by atoms with E-state index in [2.05, 4.69) is 26.8 Å². The number of benzene rings is 1. The summed E-state index contributed by atoms with van der Waals surface area (Å²) in [6.45, 7) is 5.94. The number of carbonyl (C=O) groups excluding carboxylic acids is 1. The summed E-state index contributed by atoms with van der Waals surface area (Å²) in [6, 6.07) is 9.91. The molecule has 2 aliphatic rings. The van der Waals surface area contributed by atoms with Gasteiger partial charge in [0, 0.05) is 30.5 Å². The number of carbonyl (C=O) groups is 1. The first-order valence-electron chi connectivity index (χ1n) is 12.5. The first-order chi connectivity index (χ1) is 17.8. The van der Waals surface area contributed by atoms with Crippen molar-refractivity contribution >= 4 is 34.4 Å². The van der Waals surface area contributed by atoms with E-state index in [-0.39, 0.29) is 17.4 Å². The number of anilines is 1. The van der Waals surface area contributed by atoms with Crippen LogP contribution in [0.15, 0.2) is 42.9 Å². The molecule has 1 atom stereocenters. The van der Waals surface area contributed by atoms with E-state index in [0.29, 0.717) is 41.0 Å². The highest BCUT2D eigenvalue weighted by molar-refractivity contribution is 6.33. The molecular formula is C27H28ClN7O2. The average molecular weight is 518 g/mol. The number of hydrogen-bond donors (Lipinski definition) is 1. The van der Waals surface area contributed by atoms with Crippen molar-refractivity contribution in [2.24, 2.45) is 11.7 Å². The van der Waals surface area contributed by atoms with Crippen molar-refractivity contribution in [3.05, 3.63) is 59.1 Å². The van der Waals surface area contributed by atoms with Crippen LogP contribution in [0.1, 0.15) is 37.4 Å². The Balaban J connectivity index is 1.43. The molecule has 0 unspecified atom stereocenters. The van der Waals surface area contributed by atoms with E-state index in [1.54, 1.807) is 6.20 Å². The summed E-state index contributed by atoms with van der Waals surface area (Å²) in [4.78, 5) is 32.3. The number of amides is 1. The van der Waals surface area contributed by atoms with Crippen LogP contribution in [0.4, 0.5) is 5.69 Å². The van der Waals surface area contributed by atoms with E-state index in [1.807, 2.05) is 41.8 Å². The lowest BCUT2D eigenvalue weighted by atomic mass is 10.1. The first kappa shape index (κ1) is 23.7. The van der Waals surface area contributed by atoms with Crippen molar-refractivity contribution < 1.29 is 9.53 Å². The Bertz CT molecular complexity index is 1510. The Morgan fingerprint density at radius 1 is 1.22 bits per heavy atom. The molecule has 6 rings (SSSR count). The van der Waals surface area contributed by atoms with E-state index in [0.717, 1.165) is 48.3 Å². The molecule has 1 aliphatic heterocycles. The van der Waals surface area contributed by atoms with Gasteiger partial charge in [0.05, 0.1) is 23.2 Å². The van der Waals surface area contributed by atoms with Crippen LogP contribution in [0.3, 0.4) is 0 Å². The summed E-state index contributed by atoms with van der Waals surface area (Å²) < 4.78 is 8.24. The van der Waals surface area contributed by atoms with Crippen LogP contribution in [0.25, 0.3) is 22.6 Å². The summed E-state index contributed by atoms with van der Waals surface area (Å²) in [5.74, 6) is 0.736. The number of primary amides is 1. The number of nitrogens with zero attached hydrogens (tertiary/aromatic N) is 6. The molecule has 1 amide bonds. The number of fused-ring (bicyclic) bond motifs is 1. The van der Waals surface area contributed by atoms with E-state index in [9.17, 15) is 4.79 Å². The van der Waals surface area contributed by atoms with Gasteiger partial charge in [-0.05, 0) is 69.0 Å². The molecule has 0 spiro atoms. The molecule has 10 heteroatoms. The van der Waals surface area contributed by atoms with Crippen LogP contribution in [0.2, 0.25) is 5.02 Å². The Labute approximate surface area is 219 Å². The van der Waals surface area contributed by atoms with Crippen LogP contribution in [-0.4, -0.2) is 49.1 Å². The van der Waals surface area contributed by atoms with Gasteiger partial charge >= 0.3 is 0 Å². The van der Waals surface area contributed by atoms with E-state index in [1.165, 1.54) is 6.33 Å². The number of halogens is 1. The van der Waals surface area contributed by atoms with Gasteiger partial charge < -0.3 is 19.9 Å². The SMILES string of the molecule is Cc1ccnc(Cn2c(-c3ccc(N4CC[C@H](C(N)=O)C4)cc3Cl)nc3c(OC4(C)CC4)ncnc32)c1. The molecule has 3 aromatic heterocycles. The van der Waals surface area contributed by atoms with Gasteiger partial charge in [-0.3, -0.25) is 9.78 Å². The lowest BCUT2D eigenvalue weighted by Crippen LogP contribution is -2.27. The summed E-state index contributed by atoms with van der Waals surface area (Å²) in [5, 5.41) is 0.554. The van der Waals surface area contributed by atoms with Crippen LogP contribution < -0.4 is 15.4 Å². The number of aryl methyl sites for hydroxylation is 1. The summed E-state index contributed by atoms with van der Waals surface area (Å²) in [5.41, 5.74) is 10.3. The first-order valence-corrected chi connectivity index (χ1v) is 12.8. The molecule has 0 radical (unpaired) electrons. The number of imidazole rings is 1. The molecule has 37 heavy (non-hydrogen) atoms. The third-order valence-corrected chi connectivity index (χ3v) is 7.55. The lowest BCUT2D eigenvalue weighted by Gasteiger charge is -2.19. The monoisotopic (exact) mass is 517 g/mol. The van der Waals surface area contributed by atoms with Gasteiger partial charge in [-0.1, -0.05) is 11.6 Å². The number of rotatable bonds is 7. The van der Waals surface area contributed by atoms with Crippen molar-refractivity contribution in [2.75, 3.05) is 18.0 Å². The second-order valence-electron chi connectivity index (χ2n) is 10.2. The highest BCUT2D eigenvalue weighted by Gasteiger charge is 2.41. The Kier molecular flexibility index (Phi) is 5.75. The second kappa shape index (κ2) is 8.99. The third-order valence-electron chi connectivity index (χ3n) is 7.24. The molecule has 1 aromatic carbocycles. The van der Waals surface area contributed by atoms with E-state index < -0.39 is 0 Å². The smallest absolute Gasteiger partial charge is 0.245 e. The van der Waals surface area contributed by atoms with Crippen LogP contribution in [0.5, 0.6) is 5.88 Å². The molecule has 0 bridgehead atoms. The zero-order valence-electron chi connectivity index (χ0n) is 20.8. The fraction of sp³-hybridized carbons (Fsp3) is 0.370. The molecule has 2 fully saturated rings. The molecule has 4 aromatic rings. The fourth-order valence-corrected chi connectivity index (χ4v) is 5.07. The molecule has 1 aliphatic carbocycles. The fourth-order valence-electron chi connectivity index (χ4n) is 4.81. The number of nitrogens with two attached hydrogens (primary N) is 1. The minimum atomic E-state index is -0.261. The van der Waals surface area contributed by atoms with Crippen LogP contribution >= 0.6 is 11.6 Å². The predicted molar refractivity (Wildman–Crippen MR) is 142 cm³/mol. The average Bonchev–Trinajstić information content (AvgIpc) is 3.26. The number of pyridine rings is 1. The molecule has 1 saturated heterocycles. The highest BCUT2D eigenvalue weighted by Crippen LogP contribution is 2.41. The van der Waals surface area contributed by atoms with Crippen molar-refractivity contribution in [2.45, 2.75) is 45.3 Å². The van der Waals surface area contributed by atoms with Gasteiger partial charge in [0.1, 0.15) is 17.8 Å². The minimum Gasteiger partial charge on any atom is -0.470 e. The second-order valence-corrected chi connectivity index (χ2v) is 10.7. The van der Waals surface area contributed by atoms with Gasteiger partial charge in [-0.2, -0.15) is 4.98 Å². The van der Waals surface area contributed by atoms with Crippen molar-refractivity contribution in [3.63, 3.8) is 0 Å². The Morgan fingerprint density at radius 2 is 2.05 bits per heavy atom. The maximum absolute atomic E-state index is 11.6. The molecular weight excluding hydrogens is 490 g/mol. The lowest BCUT2D eigenvalue weighted by molar-refractivity contribution is -0.121. The van der Waals surface area contributed by atoms with E-state index in [4.69, 9.17) is 27.1 Å². The van der Waals surface area contributed by atoms with E-state index >= 15 is 0 Å². The number of hydrogen-bond acceptors (Lipinski definition) is 7. The summed E-state index contributed by atoms with van der Waals surface area (Å²) in [6.07, 6.45) is 6.04. The van der Waals surface area contributed by atoms with Crippen molar-refractivity contribution in [1.29, 1.82) is 0 Å². The standard InChI is InChI=1S/C27H28ClN7O2/c1-16-5-9-30-18(11-16)14-35-24(33-22-25(35)31-15-32-26(22)37-27(2)7-8-27)20-4-3-19(12-21(20)28)34-10-6-17(13-34)23(29)36/h3-5,9,11-12,15,17H,6-8,10,13-14H2,1-2H3,(H2,29,36)/t17-/m0/s1. The van der Waals surface area contributed by atoms with Crippen molar-refractivity contribution in [1.82, 2.24) is 24.5 Å². The minimum absolute atomic E-state index is 0.144. The topological polar surface area (TPSA) is 112 Å². The van der Waals surface area contributed by atoms with Gasteiger partial charge in [-0.15, -0.1) is 0 Å². The zero-order chi connectivity index (χ0) is 25.7.